The molecule has 0 radical (unpaired) electrons. The highest BCUT2D eigenvalue weighted by Gasteiger charge is 2.17. The minimum Gasteiger partial charge on any atom is -0.466 e. The average Bonchev–Trinajstić information content (AvgIpc) is 2.71. The molecule has 0 unspecified atom stereocenters. The lowest BCUT2D eigenvalue weighted by Gasteiger charge is -2.15. The summed E-state index contributed by atoms with van der Waals surface area (Å²) in [6, 6.07) is 1.68. The van der Waals surface area contributed by atoms with Crippen molar-refractivity contribution in [1.29, 1.82) is 0 Å². The van der Waals surface area contributed by atoms with Gasteiger partial charge in [-0.25, -0.2) is 0 Å². The molecule has 1 aromatic rings. The molecule has 1 amide bonds. The van der Waals surface area contributed by atoms with Gasteiger partial charge in [-0.3, -0.25) is 9.59 Å². The maximum atomic E-state index is 11.9. The topological polar surface area (TPSA) is 46.6 Å². The molecule has 0 aliphatic heterocycles. The monoisotopic (exact) mass is 275 g/mol. The van der Waals surface area contributed by atoms with E-state index in [9.17, 15) is 9.59 Å². The van der Waals surface area contributed by atoms with Crippen molar-refractivity contribution in [3.63, 3.8) is 0 Å². The predicted octanol–water partition coefficient (Wildman–Crippen LogP) is 2.43. The van der Waals surface area contributed by atoms with Gasteiger partial charge in [-0.05, 0) is 18.4 Å². The molecule has 6 heteroatoms. The number of nitrogens with zero attached hydrogens (tertiary/aromatic N) is 1. The van der Waals surface area contributed by atoms with E-state index in [1.165, 1.54) is 16.2 Å². The van der Waals surface area contributed by atoms with Crippen LogP contribution in [0.25, 0.3) is 0 Å². The Morgan fingerprint density at radius 3 is 2.76 bits per heavy atom. The molecule has 94 valence electrons. The zero-order valence-corrected chi connectivity index (χ0v) is 11.3. The van der Waals surface area contributed by atoms with E-state index < -0.39 is 0 Å². The van der Waals surface area contributed by atoms with Gasteiger partial charge in [0.05, 0.1) is 18.1 Å². The third-order valence-electron chi connectivity index (χ3n) is 2.11. The van der Waals surface area contributed by atoms with Crippen molar-refractivity contribution in [3.8, 4) is 0 Å². The average molecular weight is 276 g/mol. The molecule has 1 heterocycles. The van der Waals surface area contributed by atoms with Crippen LogP contribution in [0.3, 0.4) is 0 Å². The maximum absolute atomic E-state index is 11.9. The quantitative estimate of drug-likeness (QED) is 0.776. The van der Waals surface area contributed by atoms with Gasteiger partial charge in [0.15, 0.2) is 0 Å². The number of amides is 1. The van der Waals surface area contributed by atoms with E-state index in [0.29, 0.717) is 23.1 Å². The molecule has 1 rings (SSSR count). The molecule has 4 nitrogen and oxygen atoms in total. The van der Waals surface area contributed by atoms with Gasteiger partial charge in [0, 0.05) is 13.6 Å². The number of carbonyl (C=O) groups excluding carboxylic acids is 2. The summed E-state index contributed by atoms with van der Waals surface area (Å²) < 4.78 is 4.79. The standard InChI is InChI=1S/C11H14ClNO3S/c1-3-16-9(14)4-6-13(2)11(15)10-8(12)5-7-17-10/h5,7H,3-4,6H2,1-2H3. The Labute approximate surface area is 109 Å². The lowest BCUT2D eigenvalue weighted by atomic mass is 10.3. The van der Waals surface area contributed by atoms with E-state index in [2.05, 4.69) is 0 Å². The SMILES string of the molecule is CCOC(=O)CCN(C)C(=O)c1sccc1Cl. The van der Waals surface area contributed by atoms with E-state index in [1.54, 1.807) is 25.4 Å². The van der Waals surface area contributed by atoms with Crippen LogP contribution in [0, 0.1) is 0 Å². The molecular weight excluding hydrogens is 262 g/mol. The van der Waals surface area contributed by atoms with Crippen LogP contribution in [0.15, 0.2) is 11.4 Å². The summed E-state index contributed by atoms with van der Waals surface area (Å²) >= 11 is 7.15. The second kappa shape index (κ2) is 6.61. The molecule has 0 aromatic carbocycles. The van der Waals surface area contributed by atoms with Crippen molar-refractivity contribution >= 4 is 34.8 Å². The Kier molecular flexibility index (Phi) is 5.44. The van der Waals surface area contributed by atoms with E-state index in [4.69, 9.17) is 16.3 Å². The molecule has 0 atom stereocenters. The fourth-order valence-electron chi connectivity index (χ4n) is 1.21. The fourth-order valence-corrected chi connectivity index (χ4v) is 2.34. The minimum atomic E-state index is -0.301. The van der Waals surface area contributed by atoms with Crippen LogP contribution in [0.1, 0.15) is 23.0 Å². The Morgan fingerprint density at radius 2 is 2.24 bits per heavy atom. The van der Waals surface area contributed by atoms with Gasteiger partial charge in [-0.15, -0.1) is 11.3 Å². The molecular formula is C11H14ClNO3S. The Hall–Kier alpha value is -1.07. The molecule has 0 aliphatic carbocycles. The summed E-state index contributed by atoms with van der Waals surface area (Å²) in [7, 11) is 1.64. The molecule has 17 heavy (non-hydrogen) atoms. The first kappa shape index (κ1) is 14.0. The summed E-state index contributed by atoms with van der Waals surface area (Å²) in [6.07, 6.45) is 0.194. The largest absolute Gasteiger partial charge is 0.466 e. The molecule has 0 saturated carbocycles. The number of thiophene rings is 1. The van der Waals surface area contributed by atoms with E-state index in [-0.39, 0.29) is 18.3 Å². The maximum Gasteiger partial charge on any atom is 0.307 e. The van der Waals surface area contributed by atoms with Gasteiger partial charge in [0.2, 0.25) is 0 Å². The summed E-state index contributed by atoms with van der Waals surface area (Å²) in [5.74, 6) is -0.473. The van der Waals surface area contributed by atoms with E-state index in [1.807, 2.05) is 0 Å². The van der Waals surface area contributed by atoms with Crippen LogP contribution in [-0.2, 0) is 9.53 Å². The van der Waals surface area contributed by atoms with Crippen LogP contribution in [0.5, 0.6) is 0 Å². The second-order valence-corrected chi connectivity index (χ2v) is 4.70. The van der Waals surface area contributed by atoms with Crippen LogP contribution in [-0.4, -0.2) is 37.0 Å². The van der Waals surface area contributed by atoms with Gasteiger partial charge in [-0.2, -0.15) is 0 Å². The van der Waals surface area contributed by atoms with Crippen LogP contribution < -0.4 is 0 Å². The highest BCUT2D eigenvalue weighted by molar-refractivity contribution is 7.12. The normalized spacial score (nSPS) is 10.1. The molecule has 0 fully saturated rings. The number of esters is 1. The number of carbonyl (C=O) groups is 2. The zero-order chi connectivity index (χ0) is 12.8. The summed E-state index contributed by atoms with van der Waals surface area (Å²) in [4.78, 5) is 25.0. The lowest BCUT2D eigenvalue weighted by Crippen LogP contribution is -2.29. The third-order valence-corrected chi connectivity index (χ3v) is 3.44. The Balaban J connectivity index is 2.48. The smallest absolute Gasteiger partial charge is 0.307 e. The van der Waals surface area contributed by atoms with E-state index >= 15 is 0 Å². The highest BCUT2D eigenvalue weighted by Crippen LogP contribution is 2.23. The first-order chi connectivity index (χ1) is 8.06. The van der Waals surface area contributed by atoms with Crippen LogP contribution in [0.4, 0.5) is 0 Å². The molecule has 0 aliphatic rings. The fraction of sp³-hybridized carbons (Fsp3) is 0.455. The van der Waals surface area contributed by atoms with Crippen LogP contribution >= 0.6 is 22.9 Å². The van der Waals surface area contributed by atoms with Crippen molar-refractivity contribution in [1.82, 2.24) is 4.90 Å². The Bertz CT molecular complexity index is 405. The summed E-state index contributed by atoms with van der Waals surface area (Å²) in [5.41, 5.74) is 0. The van der Waals surface area contributed by atoms with Crippen molar-refractivity contribution in [2.75, 3.05) is 20.2 Å². The summed E-state index contributed by atoms with van der Waals surface area (Å²) in [5, 5.41) is 2.21. The molecule has 0 N–H and O–H groups in total. The first-order valence-electron chi connectivity index (χ1n) is 5.20. The second-order valence-electron chi connectivity index (χ2n) is 3.38. The van der Waals surface area contributed by atoms with Crippen molar-refractivity contribution in [2.24, 2.45) is 0 Å². The summed E-state index contributed by atoms with van der Waals surface area (Å²) in [6.45, 7) is 2.43. The molecule has 0 spiro atoms. The van der Waals surface area contributed by atoms with Crippen LogP contribution in [0.2, 0.25) is 5.02 Å². The lowest BCUT2D eigenvalue weighted by molar-refractivity contribution is -0.143. The minimum absolute atomic E-state index is 0.172. The number of hydrogen-bond acceptors (Lipinski definition) is 4. The number of halogens is 1. The third kappa shape index (κ3) is 4.02. The van der Waals surface area contributed by atoms with Gasteiger partial charge in [0.25, 0.3) is 5.91 Å². The highest BCUT2D eigenvalue weighted by atomic mass is 35.5. The van der Waals surface area contributed by atoms with Crippen molar-refractivity contribution in [2.45, 2.75) is 13.3 Å². The van der Waals surface area contributed by atoms with Crippen molar-refractivity contribution < 1.29 is 14.3 Å². The number of ether oxygens (including phenoxy) is 1. The molecule has 0 saturated heterocycles. The zero-order valence-electron chi connectivity index (χ0n) is 9.73. The van der Waals surface area contributed by atoms with E-state index in [0.717, 1.165) is 0 Å². The van der Waals surface area contributed by atoms with Gasteiger partial charge >= 0.3 is 5.97 Å². The Morgan fingerprint density at radius 1 is 1.53 bits per heavy atom. The first-order valence-corrected chi connectivity index (χ1v) is 6.46. The van der Waals surface area contributed by atoms with Gasteiger partial charge in [-0.1, -0.05) is 11.6 Å². The van der Waals surface area contributed by atoms with Crippen molar-refractivity contribution in [3.05, 3.63) is 21.3 Å². The number of hydrogen-bond donors (Lipinski definition) is 0. The molecule has 0 bridgehead atoms. The predicted molar refractivity (Wildman–Crippen MR) is 67.5 cm³/mol. The number of rotatable bonds is 5. The van der Waals surface area contributed by atoms with Gasteiger partial charge < -0.3 is 9.64 Å². The molecule has 1 aromatic heterocycles. The van der Waals surface area contributed by atoms with Gasteiger partial charge in [0.1, 0.15) is 4.88 Å².